The molecule has 0 spiro atoms. The molecule has 1 N–H and O–H groups in total. The van der Waals surface area contributed by atoms with Crippen molar-refractivity contribution < 1.29 is 19.1 Å². The van der Waals surface area contributed by atoms with E-state index in [1.165, 1.54) is 19.7 Å². The Morgan fingerprint density at radius 1 is 1.17 bits per heavy atom. The number of rotatable bonds is 1. The molecule has 0 aliphatic heterocycles. The van der Waals surface area contributed by atoms with Crippen molar-refractivity contribution in [1.29, 1.82) is 0 Å². The molecule has 3 unspecified atom stereocenters. The lowest BCUT2D eigenvalue weighted by atomic mass is 9.45. The second-order valence-corrected chi connectivity index (χ2v) is 10.6. The van der Waals surface area contributed by atoms with E-state index in [2.05, 4.69) is 26.1 Å². The normalized spacial score (nSPS) is 42.4. The van der Waals surface area contributed by atoms with Crippen LogP contribution in [0.25, 0.3) is 0 Å². The number of nitrogens with one attached hydrogen (secondary N) is 1. The Labute approximate surface area is 179 Å². The van der Waals surface area contributed by atoms with Crippen LogP contribution in [-0.2, 0) is 9.53 Å². The van der Waals surface area contributed by atoms with Crippen LogP contribution in [0.15, 0.2) is 11.6 Å². The number of ether oxygens (including phenoxy) is 1. The number of nitrogens with zero attached hydrogens (tertiary/aromatic N) is 1. The Morgan fingerprint density at radius 2 is 1.90 bits per heavy atom. The van der Waals surface area contributed by atoms with Crippen LogP contribution >= 0.6 is 0 Å². The number of hydrogen-bond acceptors (Lipinski definition) is 4. The van der Waals surface area contributed by atoms with E-state index in [0.29, 0.717) is 35.9 Å². The van der Waals surface area contributed by atoms with Crippen molar-refractivity contribution in [3.05, 3.63) is 11.6 Å². The fraction of sp³-hybridized carbons (Fsp3) is 0.792. The highest BCUT2D eigenvalue weighted by molar-refractivity contribution is 5.91. The average Bonchev–Trinajstić information content (AvgIpc) is 3.04. The fourth-order valence-electron chi connectivity index (χ4n) is 7.50. The zero-order chi connectivity index (χ0) is 21.8. The summed E-state index contributed by atoms with van der Waals surface area (Å²) in [5.41, 5.74) is 1.47. The molecular weight excluding hydrogens is 380 g/mol. The number of hydrogen-bond donors (Lipinski definition) is 1. The Bertz CT molecular complexity index is 792. The van der Waals surface area contributed by atoms with Crippen LogP contribution in [0.4, 0.5) is 9.59 Å². The van der Waals surface area contributed by atoms with E-state index in [0.717, 1.165) is 43.4 Å². The van der Waals surface area contributed by atoms with E-state index < -0.39 is 12.1 Å². The first kappa shape index (κ1) is 21.4. The third-order valence-electron chi connectivity index (χ3n) is 9.26. The van der Waals surface area contributed by atoms with Gasteiger partial charge in [0.25, 0.3) is 0 Å². The molecule has 0 aromatic heterocycles. The number of carbonyl (C=O) groups is 3. The number of carbonyl (C=O) groups excluding carboxylic acids is 3. The van der Waals surface area contributed by atoms with Gasteiger partial charge >= 0.3 is 12.1 Å². The average molecular weight is 417 g/mol. The van der Waals surface area contributed by atoms with Gasteiger partial charge in [-0.25, -0.2) is 14.5 Å². The Balaban J connectivity index is 1.56. The molecule has 6 nitrogen and oxygen atoms in total. The van der Waals surface area contributed by atoms with Gasteiger partial charge in [0.1, 0.15) is 6.10 Å². The lowest BCUT2D eigenvalue weighted by molar-refractivity contribution is -0.119. The zero-order valence-corrected chi connectivity index (χ0v) is 19.0. The minimum atomic E-state index is -0.567. The van der Waals surface area contributed by atoms with E-state index >= 15 is 0 Å². The first-order chi connectivity index (χ1) is 14.1. The van der Waals surface area contributed by atoms with Gasteiger partial charge in [0.05, 0.1) is 0 Å². The largest absolute Gasteiger partial charge is 0.445 e. The standard InChI is InChI=1S/C24H36N2O4/c1-14-12-15-13-16(27)8-10-23(15,2)18-9-11-24(3)17(20(14)18)6-7-19(24)30-22(29)26(5)21(28)25-4/h13-14,17-20H,6-12H2,1-5H3,(H,25,28)/t14-,17?,18?,19-,20?,23-,24-/m0/s1. The molecule has 0 heterocycles. The summed E-state index contributed by atoms with van der Waals surface area (Å²) >= 11 is 0. The number of allylic oxidation sites excluding steroid dienone is 1. The van der Waals surface area contributed by atoms with Crippen LogP contribution in [0.3, 0.4) is 0 Å². The summed E-state index contributed by atoms with van der Waals surface area (Å²) in [7, 11) is 2.96. The van der Waals surface area contributed by atoms with Crippen molar-refractivity contribution in [2.45, 2.75) is 71.8 Å². The molecule has 4 aliphatic rings. The molecule has 3 saturated carbocycles. The maximum absolute atomic E-state index is 12.5. The number of imide groups is 1. The first-order valence-corrected chi connectivity index (χ1v) is 11.5. The Kier molecular flexibility index (Phi) is 5.26. The second-order valence-electron chi connectivity index (χ2n) is 10.6. The van der Waals surface area contributed by atoms with Crippen molar-refractivity contribution in [3.63, 3.8) is 0 Å². The van der Waals surface area contributed by atoms with Crippen LogP contribution in [0, 0.1) is 34.5 Å². The molecule has 166 valence electrons. The van der Waals surface area contributed by atoms with E-state index in [1.807, 2.05) is 6.08 Å². The molecular formula is C24H36N2O4. The second kappa shape index (κ2) is 7.38. The van der Waals surface area contributed by atoms with Gasteiger partial charge < -0.3 is 10.1 Å². The summed E-state index contributed by atoms with van der Waals surface area (Å²) in [6.45, 7) is 7.04. The number of ketones is 1. The minimum Gasteiger partial charge on any atom is -0.445 e. The third-order valence-corrected chi connectivity index (χ3v) is 9.26. The maximum Gasteiger partial charge on any atom is 0.417 e. The maximum atomic E-state index is 12.5. The van der Waals surface area contributed by atoms with Gasteiger partial charge in [-0.3, -0.25) is 4.79 Å². The molecule has 3 fully saturated rings. The van der Waals surface area contributed by atoms with Gasteiger partial charge in [0, 0.05) is 25.9 Å². The molecule has 4 rings (SSSR count). The van der Waals surface area contributed by atoms with Crippen LogP contribution in [-0.4, -0.2) is 43.0 Å². The van der Waals surface area contributed by atoms with Crippen LogP contribution in [0.2, 0.25) is 0 Å². The highest BCUT2D eigenvalue weighted by Crippen LogP contribution is 2.66. The Morgan fingerprint density at radius 3 is 2.60 bits per heavy atom. The molecule has 0 saturated heterocycles. The van der Waals surface area contributed by atoms with Crippen LogP contribution in [0.5, 0.6) is 0 Å². The highest BCUT2D eigenvalue weighted by Gasteiger charge is 2.61. The lowest BCUT2D eigenvalue weighted by Crippen LogP contribution is -2.54. The smallest absolute Gasteiger partial charge is 0.417 e. The van der Waals surface area contributed by atoms with Gasteiger partial charge in [-0.05, 0) is 73.7 Å². The Hall–Kier alpha value is -1.85. The van der Waals surface area contributed by atoms with Crippen LogP contribution < -0.4 is 5.32 Å². The van der Waals surface area contributed by atoms with E-state index in [4.69, 9.17) is 4.74 Å². The van der Waals surface area contributed by atoms with Crippen molar-refractivity contribution in [2.75, 3.05) is 14.1 Å². The monoisotopic (exact) mass is 416 g/mol. The zero-order valence-electron chi connectivity index (χ0n) is 19.0. The van der Waals surface area contributed by atoms with Gasteiger partial charge in [-0.1, -0.05) is 26.3 Å². The van der Waals surface area contributed by atoms with Crippen molar-refractivity contribution in [2.24, 2.45) is 34.5 Å². The van der Waals surface area contributed by atoms with Crippen molar-refractivity contribution in [1.82, 2.24) is 10.2 Å². The predicted molar refractivity (Wildman–Crippen MR) is 114 cm³/mol. The summed E-state index contributed by atoms with van der Waals surface area (Å²) in [5.74, 6) is 2.54. The summed E-state index contributed by atoms with van der Waals surface area (Å²) in [5, 5.41) is 2.47. The van der Waals surface area contributed by atoms with Crippen molar-refractivity contribution in [3.8, 4) is 0 Å². The summed E-state index contributed by atoms with van der Waals surface area (Å²) in [6, 6.07) is -0.455. The number of urea groups is 1. The summed E-state index contributed by atoms with van der Waals surface area (Å²) in [6.07, 6.45) is 7.98. The van der Waals surface area contributed by atoms with Gasteiger partial charge in [0.15, 0.2) is 5.78 Å². The summed E-state index contributed by atoms with van der Waals surface area (Å²) < 4.78 is 5.90. The molecule has 7 atom stereocenters. The molecule has 4 aliphatic carbocycles. The first-order valence-electron chi connectivity index (χ1n) is 11.5. The van der Waals surface area contributed by atoms with Crippen LogP contribution in [0.1, 0.15) is 65.7 Å². The van der Waals surface area contributed by atoms with Gasteiger partial charge in [-0.15, -0.1) is 0 Å². The van der Waals surface area contributed by atoms with Crippen molar-refractivity contribution >= 4 is 17.9 Å². The molecule has 3 amide bonds. The molecule has 30 heavy (non-hydrogen) atoms. The predicted octanol–water partition coefficient (Wildman–Crippen LogP) is 4.54. The van der Waals surface area contributed by atoms with E-state index in [-0.39, 0.29) is 16.9 Å². The third kappa shape index (κ3) is 3.09. The topological polar surface area (TPSA) is 75.7 Å². The highest BCUT2D eigenvalue weighted by atomic mass is 16.6. The molecule has 0 radical (unpaired) electrons. The fourth-order valence-corrected chi connectivity index (χ4v) is 7.50. The quantitative estimate of drug-likeness (QED) is 0.681. The molecule has 0 bridgehead atoms. The SMILES string of the molecule is CNC(=O)N(C)C(=O)O[C@H]1CCC2C3C(CC[C@@]21C)[C@@]1(C)CCC(=O)C=C1C[C@@H]3C. The molecule has 0 aromatic rings. The molecule has 0 aromatic carbocycles. The number of amides is 3. The molecule has 6 heteroatoms. The minimum absolute atomic E-state index is 0.0450. The lowest BCUT2D eigenvalue weighted by Gasteiger charge is -2.59. The van der Waals surface area contributed by atoms with Gasteiger partial charge in [0.2, 0.25) is 0 Å². The van der Waals surface area contributed by atoms with E-state index in [1.54, 1.807) is 0 Å². The number of fused-ring (bicyclic) bond motifs is 5. The van der Waals surface area contributed by atoms with E-state index in [9.17, 15) is 14.4 Å². The summed E-state index contributed by atoms with van der Waals surface area (Å²) in [4.78, 5) is 37.4. The van der Waals surface area contributed by atoms with Gasteiger partial charge in [-0.2, -0.15) is 0 Å².